The Morgan fingerprint density at radius 2 is 1.89 bits per heavy atom. The van der Waals surface area contributed by atoms with Crippen LogP contribution in [-0.4, -0.2) is 11.2 Å². The summed E-state index contributed by atoms with van der Waals surface area (Å²) in [5, 5.41) is 0. The van der Waals surface area contributed by atoms with Crippen molar-refractivity contribution in [2.24, 2.45) is 0 Å². The van der Waals surface area contributed by atoms with E-state index in [2.05, 4.69) is 0 Å². The molecule has 0 N–H and O–H groups in total. The highest BCUT2D eigenvalue weighted by molar-refractivity contribution is 5.78. The number of allylic oxidation sites excluding steroid dienone is 6. The Labute approximate surface area is 157 Å². The van der Waals surface area contributed by atoms with Gasteiger partial charge in [-0.1, -0.05) is 35.9 Å². The summed E-state index contributed by atoms with van der Waals surface area (Å²) in [6.45, 7) is 3.08. The predicted octanol–water partition coefficient (Wildman–Crippen LogP) is 6.27. The lowest BCUT2D eigenvalue weighted by Crippen LogP contribution is -2.10. The largest absolute Gasteiger partial charge is 0.494 e. The quantitative estimate of drug-likeness (QED) is 0.545. The molecule has 0 spiro atoms. The normalized spacial score (nSPS) is 14.5. The number of ether oxygens (including phenoxy) is 1. The maximum atomic E-state index is 13.6. The van der Waals surface area contributed by atoms with Crippen molar-refractivity contribution in [3.63, 3.8) is 0 Å². The molecule has 1 heterocycles. The molecule has 0 aliphatic heterocycles. The highest BCUT2D eigenvalue weighted by atomic mass is 19.4. The second-order valence-corrected chi connectivity index (χ2v) is 6.57. The maximum Gasteiger partial charge on any atom is 0.417 e. The van der Waals surface area contributed by atoms with E-state index in [4.69, 9.17) is 4.74 Å². The molecule has 142 valence electrons. The van der Waals surface area contributed by atoms with Gasteiger partial charge in [0.1, 0.15) is 5.75 Å². The predicted molar refractivity (Wildman–Crippen MR) is 101 cm³/mol. The monoisotopic (exact) mass is 373 g/mol. The Bertz CT molecular complexity index is 858. The first kappa shape index (κ1) is 19.1. The summed E-state index contributed by atoms with van der Waals surface area (Å²) in [6.07, 6.45) is 8.13. The van der Waals surface area contributed by atoms with Gasteiger partial charge in [0, 0.05) is 18.9 Å². The minimum Gasteiger partial charge on any atom is -0.494 e. The van der Waals surface area contributed by atoms with Gasteiger partial charge in [-0.25, -0.2) is 0 Å². The molecule has 5 heteroatoms. The highest BCUT2D eigenvalue weighted by Crippen LogP contribution is 2.38. The van der Waals surface area contributed by atoms with Crippen molar-refractivity contribution in [1.29, 1.82) is 0 Å². The number of hydrogen-bond acceptors (Lipinski definition) is 1. The van der Waals surface area contributed by atoms with Gasteiger partial charge in [-0.3, -0.25) is 0 Å². The Morgan fingerprint density at radius 1 is 1.11 bits per heavy atom. The fourth-order valence-electron chi connectivity index (χ4n) is 2.96. The molecule has 0 amide bonds. The molecular weight excluding hydrogens is 351 g/mol. The van der Waals surface area contributed by atoms with Gasteiger partial charge in [0.25, 0.3) is 0 Å². The van der Waals surface area contributed by atoms with E-state index in [-0.39, 0.29) is 11.3 Å². The van der Waals surface area contributed by atoms with Crippen molar-refractivity contribution in [1.82, 2.24) is 4.57 Å². The van der Waals surface area contributed by atoms with E-state index in [1.54, 1.807) is 18.2 Å². The summed E-state index contributed by atoms with van der Waals surface area (Å²) in [6, 6.07) is 8.07. The molecule has 2 nitrogen and oxygen atoms in total. The third-order valence-electron chi connectivity index (χ3n) is 4.39. The summed E-state index contributed by atoms with van der Waals surface area (Å²) in [7, 11) is 0. The summed E-state index contributed by atoms with van der Waals surface area (Å²) in [5.41, 5.74) is 1.16. The molecule has 1 aliphatic rings. The Kier molecular flexibility index (Phi) is 5.89. The zero-order valence-corrected chi connectivity index (χ0v) is 15.2. The summed E-state index contributed by atoms with van der Waals surface area (Å²) in [5.74, 6) is 0.239. The average molecular weight is 373 g/mol. The summed E-state index contributed by atoms with van der Waals surface area (Å²) in [4.78, 5) is 0. The molecule has 0 bridgehead atoms. The van der Waals surface area contributed by atoms with Crippen molar-refractivity contribution < 1.29 is 17.9 Å². The number of aryl methyl sites for hydroxylation is 1. The number of nitrogens with zero attached hydrogens (tertiary/aromatic N) is 1. The first-order chi connectivity index (χ1) is 12.9. The van der Waals surface area contributed by atoms with E-state index in [0.717, 1.165) is 31.0 Å². The van der Waals surface area contributed by atoms with Crippen LogP contribution in [0.15, 0.2) is 72.6 Å². The molecule has 0 atom stereocenters. The van der Waals surface area contributed by atoms with Gasteiger partial charge in [0.2, 0.25) is 0 Å². The van der Waals surface area contributed by atoms with Crippen LogP contribution in [0.2, 0.25) is 0 Å². The van der Waals surface area contributed by atoms with Crippen LogP contribution < -0.4 is 4.74 Å². The Morgan fingerprint density at radius 3 is 2.63 bits per heavy atom. The molecule has 0 fully saturated rings. The highest BCUT2D eigenvalue weighted by Gasteiger charge is 2.34. The fraction of sp³-hybridized carbons (Fsp3) is 0.273. The van der Waals surface area contributed by atoms with Gasteiger partial charge < -0.3 is 9.30 Å². The first-order valence-electron chi connectivity index (χ1n) is 8.92. The number of halogens is 3. The zero-order valence-electron chi connectivity index (χ0n) is 15.2. The van der Waals surface area contributed by atoms with Crippen molar-refractivity contribution >= 4 is 5.57 Å². The second kappa shape index (κ2) is 8.33. The lowest BCUT2D eigenvalue weighted by molar-refractivity contribution is -0.137. The molecule has 2 aromatic rings. The molecule has 0 saturated carbocycles. The van der Waals surface area contributed by atoms with Crippen LogP contribution in [0.5, 0.6) is 5.75 Å². The van der Waals surface area contributed by atoms with Gasteiger partial charge in [-0.05, 0) is 55.2 Å². The third kappa shape index (κ3) is 5.16. The van der Waals surface area contributed by atoms with Crippen molar-refractivity contribution in [3.05, 3.63) is 83.7 Å². The SMILES string of the molecule is CC1=CC=C(c2ccc(OCCCn3cccc3)cc2C(F)(F)F)C=CC1. The zero-order chi connectivity index (χ0) is 19.3. The number of rotatable bonds is 6. The van der Waals surface area contributed by atoms with Crippen molar-refractivity contribution in [2.75, 3.05) is 6.61 Å². The Hall–Kier alpha value is -2.69. The van der Waals surface area contributed by atoms with E-state index < -0.39 is 11.7 Å². The van der Waals surface area contributed by atoms with Crippen LogP contribution in [0.3, 0.4) is 0 Å². The number of alkyl halides is 3. The van der Waals surface area contributed by atoms with Crippen LogP contribution in [0.25, 0.3) is 5.57 Å². The molecule has 0 unspecified atom stereocenters. The lowest BCUT2D eigenvalue weighted by atomic mass is 9.98. The number of hydrogen-bond donors (Lipinski definition) is 0. The van der Waals surface area contributed by atoms with E-state index >= 15 is 0 Å². The molecule has 0 radical (unpaired) electrons. The van der Waals surface area contributed by atoms with E-state index in [0.29, 0.717) is 12.2 Å². The van der Waals surface area contributed by atoms with Crippen molar-refractivity contribution in [2.45, 2.75) is 32.5 Å². The van der Waals surface area contributed by atoms with E-state index in [1.807, 2.05) is 48.2 Å². The summed E-state index contributed by atoms with van der Waals surface area (Å²) >= 11 is 0. The van der Waals surface area contributed by atoms with E-state index in [1.165, 1.54) is 6.07 Å². The average Bonchev–Trinajstić information content (AvgIpc) is 3.05. The second-order valence-electron chi connectivity index (χ2n) is 6.57. The van der Waals surface area contributed by atoms with E-state index in [9.17, 15) is 13.2 Å². The van der Waals surface area contributed by atoms with Gasteiger partial charge >= 0.3 is 6.18 Å². The van der Waals surface area contributed by atoms with Gasteiger partial charge in [-0.15, -0.1) is 0 Å². The smallest absolute Gasteiger partial charge is 0.417 e. The fourth-order valence-corrected chi connectivity index (χ4v) is 2.96. The van der Waals surface area contributed by atoms with Gasteiger partial charge in [0.05, 0.1) is 12.2 Å². The minimum absolute atomic E-state index is 0.171. The standard InChI is InChI=1S/C22H22F3NO/c1-17-6-4-7-18(9-8-17)20-11-10-19(16-21(20)22(23,24)25)27-15-5-14-26-12-2-3-13-26/h2-4,7-13,16H,5-6,14-15H2,1H3. The maximum absolute atomic E-state index is 13.6. The molecule has 3 rings (SSSR count). The Balaban J connectivity index is 1.76. The molecular formula is C22H22F3NO. The van der Waals surface area contributed by atoms with Crippen LogP contribution in [0.1, 0.15) is 30.9 Å². The molecule has 27 heavy (non-hydrogen) atoms. The summed E-state index contributed by atoms with van der Waals surface area (Å²) < 4.78 is 48.4. The van der Waals surface area contributed by atoms with Gasteiger partial charge in [-0.2, -0.15) is 13.2 Å². The number of benzene rings is 1. The van der Waals surface area contributed by atoms with Crippen LogP contribution in [0, 0.1) is 0 Å². The van der Waals surface area contributed by atoms with Crippen LogP contribution >= 0.6 is 0 Å². The third-order valence-corrected chi connectivity index (χ3v) is 4.39. The molecule has 1 aromatic heterocycles. The van der Waals surface area contributed by atoms with Crippen molar-refractivity contribution in [3.8, 4) is 5.75 Å². The van der Waals surface area contributed by atoms with Crippen LogP contribution in [0.4, 0.5) is 13.2 Å². The molecule has 0 saturated heterocycles. The first-order valence-corrected chi connectivity index (χ1v) is 8.92. The minimum atomic E-state index is -4.44. The van der Waals surface area contributed by atoms with Crippen LogP contribution in [-0.2, 0) is 12.7 Å². The van der Waals surface area contributed by atoms with Gasteiger partial charge in [0.15, 0.2) is 0 Å². The molecule has 1 aliphatic carbocycles. The number of aromatic nitrogens is 1. The topological polar surface area (TPSA) is 14.2 Å². The lowest BCUT2D eigenvalue weighted by Gasteiger charge is -2.16. The molecule has 1 aromatic carbocycles.